The maximum Gasteiger partial charge on any atom is 0.412 e. The standard InChI is InChI=1S/C11H19NO4/c1-7(2)6-9(10(13)15-5)12-11(14)16-8(3)4/h7,9H,3,6H2,1-2,4-5H3,(H,12,14)/t9-/m0/s1. The first-order valence-corrected chi connectivity index (χ1v) is 5.08. The largest absolute Gasteiger partial charge is 0.467 e. The monoisotopic (exact) mass is 229 g/mol. The van der Waals surface area contributed by atoms with E-state index in [1.54, 1.807) is 6.92 Å². The molecule has 5 nitrogen and oxygen atoms in total. The Morgan fingerprint density at radius 3 is 2.31 bits per heavy atom. The summed E-state index contributed by atoms with van der Waals surface area (Å²) in [6, 6.07) is -0.683. The number of alkyl carbamates (subject to hydrolysis) is 1. The summed E-state index contributed by atoms with van der Waals surface area (Å²) in [6.07, 6.45) is -0.193. The molecule has 0 heterocycles. The van der Waals surface area contributed by atoms with E-state index in [0.717, 1.165) is 0 Å². The number of ether oxygens (including phenoxy) is 2. The van der Waals surface area contributed by atoms with E-state index in [4.69, 9.17) is 4.74 Å². The van der Waals surface area contributed by atoms with E-state index < -0.39 is 18.1 Å². The number of esters is 1. The third kappa shape index (κ3) is 6.06. The SMILES string of the molecule is C=C(C)OC(=O)N[C@@H](CC(C)C)C(=O)OC. The molecule has 92 valence electrons. The van der Waals surface area contributed by atoms with E-state index in [-0.39, 0.29) is 11.7 Å². The van der Waals surface area contributed by atoms with Gasteiger partial charge in [-0.05, 0) is 19.3 Å². The highest BCUT2D eigenvalue weighted by atomic mass is 16.6. The van der Waals surface area contributed by atoms with Crippen molar-refractivity contribution in [1.29, 1.82) is 0 Å². The van der Waals surface area contributed by atoms with Gasteiger partial charge in [0.05, 0.1) is 12.9 Å². The predicted octanol–water partition coefficient (Wildman–Crippen LogP) is 1.83. The van der Waals surface area contributed by atoms with Gasteiger partial charge in [0.1, 0.15) is 6.04 Å². The van der Waals surface area contributed by atoms with Crippen LogP contribution in [0.5, 0.6) is 0 Å². The molecule has 0 unspecified atom stereocenters. The molecule has 0 spiro atoms. The highest BCUT2D eigenvalue weighted by Gasteiger charge is 2.23. The van der Waals surface area contributed by atoms with Gasteiger partial charge in [-0.25, -0.2) is 9.59 Å². The Morgan fingerprint density at radius 2 is 1.94 bits per heavy atom. The van der Waals surface area contributed by atoms with Crippen LogP contribution in [0.15, 0.2) is 12.3 Å². The van der Waals surface area contributed by atoms with Gasteiger partial charge in [0.2, 0.25) is 0 Å². The minimum Gasteiger partial charge on any atom is -0.467 e. The van der Waals surface area contributed by atoms with E-state index in [1.165, 1.54) is 7.11 Å². The van der Waals surface area contributed by atoms with Crippen LogP contribution in [0.1, 0.15) is 27.2 Å². The van der Waals surface area contributed by atoms with Crippen LogP contribution in [-0.4, -0.2) is 25.2 Å². The topological polar surface area (TPSA) is 64.6 Å². The summed E-state index contributed by atoms with van der Waals surface area (Å²) >= 11 is 0. The molecule has 0 aliphatic rings. The molecule has 0 fully saturated rings. The lowest BCUT2D eigenvalue weighted by molar-refractivity contribution is -0.143. The lowest BCUT2D eigenvalue weighted by Gasteiger charge is -2.17. The maximum atomic E-state index is 11.4. The van der Waals surface area contributed by atoms with Crippen molar-refractivity contribution >= 4 is 12.1 Å². The van der Waals surface area contributed by atoms with Gasteiger partial charge in [0.15, 0.2) is 0 Å². The van der Waals surface area contributed by atoms with Gasteiger partial charge in [-0.3, -0.25) is 0 Å². The minimum absolute atomic E-state index is 0.259. The zero-order valence-corrected chi connectivity index (χ0v) is 10.2. The molecule has 0 aromatic carbocycles. The molecule has 0 aliphatic heterocycles. The average molecular weight is 229 g/mol. The molecular formula is C11H19NO4. The molecule has 0 rings (SSSR count). The summed E-state index contributed by atoms with van der Waals surface area (Å²) in [5.41, 5.74) is 0. The summed E-state index contributed by atoms with van der Waals surface area (Å²) in [6.45, 7) is 8.87. The lowest BCUT2D eigenvalue weighted by Crippen LogP contribution is -2.42. The maximum absolute atomic E-state index is 11.4. The van der Waals surface area contributed by atoms with Gasteiger partial charge in [-0.1, -0.05) is 20.4 Å². The van der Waals surface area contributed by atoms with Crippen molar-refractivity contribution in [3.8, 4) is 0 Å². The van der Waals surface area contributed by atoms with Crippen LogP contribution < -0.4 is 5.32 Å². The highest BCUT2D eigenvalue weighted by Crippen LogP contribution is 2.06. The fourth-order valence-electron chi connectivity index (χ4n) is 1.16. The van der Waals surface area contributed by atoms with Crippen molar-refractivity contribution in [2.24, 2.45) is 5.92 Å². The molecule has 0 aliphatic carbocycles. The fraction of sp³-hybridized carbons (Fsp3) is 0.636. The van der Waals surface area contributed by atoms with Crippen LogP contribution in [0.25, 0.3) is 0 Å². The molecule has 1 amide bonds. The van der Waals surface area contributed by atoms with Crippen molar-refractivity contribution in [1.82, 2.24) is 5.32 Å². The van der Waals surface area contributed by atoms with E-state index >= 15 is 0 Å². The molecule has 0 saturated carbocycles. The van der Waals surface area contributed by atoms with Crippen LogP contribution >= 0.6 is 0 Å². The van der Waals surface area contributed by atoms with Crippen molar-refractivity contribution < 1.29 is 19.1 Å². The zero-order chi connectivity index (χ0) is 12.7. The molecule has 16 heavy (non-hydrogen) atoms. The quantitative estimate of drug-likeness (QED) is 0.577. The Balaban J connectivity index is 4.36. The van der Waals surface area contributed by atoms with Gasteiger partial charge in [-0.2, -0.15) is 0 Å². The Bertz CT molecular complexity index is 273. The van der Waals surface area contributed by atoms with Crippen LogP contribution in [0.2, 0.25) is 0 Å². The first kappa shape index (κ1) is 14.5. The van der Waals surface area contributed by atoms with E-state index in [0.29, 0.717) is 6.42 Å². The lowest BCUT2D eigenvalue weighted by atomic mass is 10.0. The minimum atomic E-state index is -0.691. The fourth-order valence-corrected chi connectivity index (χ4v) is 1.16. The van der Waals surface area contributed by atoms with Crippen molar-refractivity contribution in [2.75, 3.05) is 7.11 Å². The van der Waals surface area contributed by atoms with E-state index in [2.05, 4.69) is 16.6 Å². The molecule has 0 saturated heterocycles. The Hall–Kier alpha value is -1.52. The van der Waals surface area contributed by atoms with Crippen molar-refractivity contribution in [3.63, 3.8) is 0 Å². The number of carbonyl (C=O) groups excluding carboxylic acids is 2. The average Bonchev–Trinajstić information content (AvgIpc) is 2.13. The van der Waals surface area contributed by atoms with Gasteiger partial charge < -0.3 is 14.8 Å². The van der Waals surface area contributed by atoms with Crippen molar-refractivity contribution in [2.45, 2.75) is 33.2 Å². The summed E-state index contributed by atoms with van der Waals surface area (Å²) < 4.78 is 9.29. The smallest absolute Gasteiger partial charge is 0.412 e. The number of hydrogen-bond donors (Lipinski definition) is 1. The summed E-state index contributed by atoms with van der Waals surface area (Å²) in [7, 11) is 1.28. The van der Waals surface area contributed by atoms with Crippen LogP contribution in [-0.2, 0) is 14.3 Å². The molecule has 0 bridgehead atoms. The Kier molecular flexibility index (Phi) is 6.22. The number of methoxy groups -OCH3 is 1. The van der Waals surface area contributed by atoms with Crippen LogP contribution in [0.3, 0.4) is 0 Å². The molecular weight excluding hydrogens is 210 g/mol. The highest BCUT2D eigenvalue weighted by molar-refractivity contribution is 5.81. The summed E-state index contributed by atoms with van der Waals surface area (Å²) in [5.74, 6) is 0.0484. The Morgan fingerprint density at radius 1 is 1.38 bits per heavy atom. The molecule has 0 radical (unpaired) electrons. The second-order valence-corrected chi connectivity index (χ2v) is 3.94. The first-order chi connectivity index (χ1) is 7.36. The second-order valence-electron chi connectivity index (χ2n) is 3.94. The Labute approximate surface area is 95.8 Å². The van der Waals surface area contributed by atoms with E-state index in [1.807, 2.05) is 13.8 Å². The first-order valence-electron chi connectivity index (χ1n) is 5.08. The number of hydrogen-bond acceptors (Lipinski definition) is 4. The number of rotatable bonds is 5. The van der Waals surface area contributed by atoms with E-state index in [9.17, 15) is 9.59 Å². The molecule has 0 aromatic rings. The van der Waals surface area contributed by atoms with Crippen LogP contribution in [0.4, 0.5) is 4.79 Å². The van der Waals surface area contributed by atoms with Gasteiger partial charge >= 0.3 is 12.1 Å². The zero-order valence-electron chi connectivity index (χ0n) is 10.2. The molecule has 0 aromatic heterocycles. The van der Waals surface area contributed by atoms with Crippen LogP contribution in [0, 0.1) is 5.92 Å². The number of allylic oxidation sites excluding steroid dienone is 1. The predicted molar refractivity (Wildman–Crippen MR) is 59.7 cm³/mol. The summed E-state index contributed by atoms with van der Waals surface area (Å²) in [4.78, 5) is 22.6. The van der Waals surface area contributed by atoms with Gasteiger partial charge in [0.25, 0.3) is 0 Å². The van der Waals surface area contributed by atoms with Gasteiger partial charge in [0, 0.05) is 0 Å². The number of amides is 1. The summed E-state index contributed by atoms with van der Waals surface area (Å²) in [5, 5.41) is 2.43. The van der Waals surface area contributed by atoms with Crippen molar-refractivity contribution in [3.05, 3.63) is 12.3 Å². The normalized spacial score (nSPS) is 11.8. The van der Waals surface area contributed by atoms with Gasteiger partial charge in [-0.15, -0.1) is 0 Å². The second kappa shape index (κ2) is 6.87. The third-order valence-corrected chi connectivity index (χ3v) is 1.75. The number of carbonyl (C=O) groups is 2. The molecule has 1 N–H and O–H groups in total. The number of nitrogens with one attached hydrogen (secondary N) is 1. The molecule has 1 atom stereocenters. The molecule has 5 heteroatoms. The third-order valence-electron chi connectivity index (χ3n) is 1.75.